The molecule has 4 heteroatoms. The molecular formula is C13H19F2NS. The largest absolute Gasteiger partial charge is 0.313 e. The van der Waals surface area contributed by atoms with E-state index in [0.29, 0.717) is 10.9 Å². The summed E-state index contributed by atoms with van der Waals surface area (Å²) in [5.41, 5.74) is 0. The zero-order chi connectivity index (χ0) is 12.8. The van der Waals surface area contributed by atoms with Gasteiger partial charge in [-0.05, 0) is 25.5 Å². The lowest BCUT2D eigenvalue weighted by molar-refractivity contribution is 0.536. The Kier molecular flexibility index (Phi) is 5.92. The van der Waals surface area contributed by atoms with Crippen molar-refractivity contribution in [2.45, 2.75) is 43.4 Å². The average Bonchev–Trinajstić information content (AvgIpc) is 2.29. The Morgan fingerprint density at radius 3 is 2.59 bits per heavy atom. The Morgan fingerprint density at radius 2 is 2.00 bits per heavy atom. The molecule has 0 saturated heterocycles. The fourth-order valence-corrected chi connectivity index (χ4v) is 2.27. The Labute approximate surface area is 106 Å². The van der Waals surface area contributed by atoms with Crippen molar-refractivity contribution >= 4 is 11.8 Å². The molecule has 2 unspecified atom stereocenters. The molecule has 1 rings (SSSR count). The second-order valence-electron chi connectivity index (χ2n) is 4.22. The van der Waals surface area contributed by atoms with Crippen molar-refractivity contribution in [1.82, 2.24) is 5.32 Å². The van der Waals surface area contributed by atoms with Crippen molar-refractivity contribution in [1.29, 1.82) is 0 Å². The van der Waals surface area contributed by atoms with Crippen LogP contribution in [0.3, 0.4) is 0 Å². The van der Waals surface area contributed by atoms with Gasteiger partial charge in [-0.1, -0.05) is 13.8 Å². The number of benzene rings is 1. The van der Waals surface area contributed by atoms with Gasteiger partial charge in [0, 0.05) is 28.8 Å². The number of halogens is 2. The lowest BCUT2D eigenvalue weighted by atomic mass is 10.2. The standard InChI is InChI=1S/C13H19F2NS/c1-4-9(2)16-8-10(3)17-13-6-5-11(14)7-12(13)15/h5-7,9-10,16H,4,8H2,1-3H3. The van der Waals surface area contributed by atoms with Gasteiger partial charge in [-0.15, -0.1) is 11.8 Å². The summed E-state index contributed by atoms with van der Waals surface area (Å²) in [6.45, 7) is 7.09. The molecule has 1 nitrogen and oxygen atoms in total. The predicted octanol–water partition coefficient (Wildman–Crippen LogP) is 3.83. The van der Waals surface area contributed by atoms with Crippen LogP contribution in [0.4, 0.5) is 8.78 Å². The lowest BCUT2D eigenvalue weighted by Crippen LogP contribution is -2.30. The molecule has 0 amide bonds. The van der Waals surface area contributed by atoms with Crippen molar-refractivity contribution in [3.63, 3.8) is 0 Å². The smallest absolute Gasteiger partial charge is 0.139 e. The van der Waals surface area contributed by atoms with Crippen molar-refractivity contribution in [3.05, 3.63) is 29.8 Å². The van der Waals surface area contributed by atoms with E-state index in [0.717, 1.165) is 19.0 Å². The van der Waals surface area contributed by atoms with Gasteiger partial charge in [0.2, 0.25) is 0 Å². The summed E-state index contributed by atoms with van der Waals surface area (Å²) in [4.78, 5) is 0.504. The van der Waals surface area contributed by atoms with Crippen LogP contribution in [0.5, 0.6) is 0 Å². The second kappa shape index (κ2) is 6.97. The zero-order valence-corrected chi connectivity index (χ0v) is 11.3. The van der Waals surface area contributed by atoms with Gasteiger partial charge in [0.25, 0.3) is 0 Å². The Morgan fingerprint density at radius 1 is 1.29 bits per heavy atom. The highest BCUT2D eigenvalue weighted by Crippen LogP contribution is 2.26. The lowest BCUT2D eigenvalue weighted by Gasteiger charge is -2.16. The van der Waals surface area contributed by atoms with Gasteiger partial charge in [-0.3, -0.25) is 0 Å². The maximum absolute atomic E-state index is 13.4. The fraction of sp³-hybridized carbons (Fsp3) is 0.538. The predicted molar refractivity (Wildman–Crippen MR) is 69.4 cm³/mol. The Bertz CT molecular complexity index is 357. The van der Waals surface area contributed by atoms with Crippen molar-refractivity contribution in [3.8, 4) is 0 Å². The first-order chi connectivity index (χ1) is 8.02. The molecule has 0 aliphatic carbocycles. The summed E-state index contributed by atoms with van der Waals surface area (Å²) in [7, 11) is 0. The second-order valence-corrected chi connectivity index (χ2v) is 5.70. The van der Waals surface area contributed by atoms with Gasteiger partial charge < -0.3 is 5.32 Å². The van der Waals surface area contributed by atoms with Gasteiger partial charge in [0.15, 0.2) is 0 Å². The van der Waals surface area contributed by atoms with Crippen LogP contribution in [0.15, 0.2) is 23.1 Å². The number of nitrogens with one attached hydrogen (secondary N) is 1. The van der Waals surface area contributed by atoms with E-state index in [-0.39, 0.29) is 5.25 Å². The van der Waals surface area contributed by atoms with E-state index in [2.05, 4.69) is 19.2 Å². The highest BCUT2D eigenvalue weighted by Gasteiger charge is 2.10. The van der Waals surface area contributed by atoms with E-state index in [1.165, 1.54) is 23.9 Å². The van der Waals surface area contributed by atoms with Crippen LogP contribution in [-0.4, -0.2) is 17.8 Å². The molecule has 0 bridgehead atoms. The number of rotatable bonds is 6. The highest BCUT2D eigenvalue weighted by atomic mass is 32.2. The molecule has 1 aromatic carbocycles. The van der Waals surface area contributed by atoms with E-state index >= 15 is 0 Å². The SMILES string of the molecule is CCC(C)NCC(C)Sc1ccc(F)cc1F. The fourth-order valence-electron chi connectivity index (χ4n) is 1.34. The summed E-state index contributed by atoms with van der Waals surface area (Å²) in [6.07, 6.45) is 1.07. The van der Waals surface area contributed by atoms with Crippen LogP contribution in [0.25, 0.3) is 0 Å². The van der Waals surface area contributed by atoms with E-state index in [9.17, 15) is 8.78 Å². The van der Waals surface area contributed by atoms with Gasteiger partial charge in [-0.25, -0.2) is 8.78 Å². The summed E-state index contributed by atoms with van der Waals surface area (Å²) in [5, 5.41) is 3.62. The quantitative estimate of drug-likeness (QED) is 0.779. The Balaban J connectivity index is 2.47. The van der Waals surface area contributed by atoms with Crippen LogP contribution in [0.1, 0.15) is 27.2 Å². The van der Waals surface area contributed by atoms with Crippen LogP contribution in [0.2, 0.25) is 0 Å². The molecule has 0 saturated carbocycles. The van der Waals surface area contributed by atoms with Crippen LogP contribution < -0.4 is 5.32 Å². The molecule has 0 heterocycles. The zero-order valence-electron chi connectivity index (χ0n) is 10.5. The number of hydrogen-bond acceptors (Lipinski definition) is 2. The minimum Gasteiger partial charge on any atom is -0.313 e. The first kappa shape index (κ1) is 14.5. The van der Waals surface area contributed by atoms with Gasteiger partial charge in [0.05, 0.1) is 0 Å². The van der Waals surface area contributed by atoms with Crippen LogP contribution in [0, 0.1) is 11.6 Å². The topological polar surface area (TPSA) is 12.0 Å². The molecule has 0 fully saturated rings. The molecule has 0 spiro atoms. The summed E-state index contributed by atoms with van der Waals surface area (Å²) < 4.78 is 26.1. The highest BCUT2D eigenvalue weighted by molar-refractivity contribution is 8.00. The molecule has 2 atom stereocenters. The summed E-state index contributed by atoms with van der Waals surface area (Å²) >= 11 is 1.43. The van der Waals surface area contributed by atoms with E-state index in [1.807, 2.05) is 6.92 Å². The van der Waals surface area contributed by atoms with E-state index < -0.39 is 11.6 Å². The minimum absolute atomic E-state index is 0.254. The summed E-state index contributed by atoms with van der Waals surface area (Å²) in [5.74, 6) is -1.01. The molecular weight excluding hydrogens is 240 g/mol. The van der Waals surface area contributed by atoms with Gasteiger partial charge >= 0.3 is 0 Å². The third-order valence-corrected chi connectivity index (χ3v) is 3.74. The third kappa shape index (κ3) is 5.04. The number of thioether (sulfide) groups is 1. The third-order valence-electron chi connectivity index (χ3n) is 2.59. The Hall–Kier alpha value is -0.610. The van der Waals surface area contributed by atoms with Crippen LogP contribution >= 0.6 is 11.8 Å². The molecule has 0 radical (unpaired) electrons. The number of hydrogen-bond donors (Lipinski definition) is 1. The van der Waals surface area contributed by atoms with Crippen molar-refractivity contribution < 1.29 is 8.78 Å². The van der Waals surface area contributed by atoms with E-state index in [1.54, 1.807) is 0 Å². The molecule has 0 aliphatic heterocycles. The molecule has 0 aromatic heterocycles. The van der Waals surface area contributed by atoms with Crippen LogP contribution in [-0.2, 0) is 0 Å². The van der Waals surface area contributed by atoms with Gasteiger partial charge in [-0.2, -0.15) is 0 Å². The first-order valence-electron chi connectivity index (χ1n) is 5.88. The maximum atomic E-state index is 13.4. The van der Waals surface area contributed by atoms with E-state index in [4.69, 9.17) is 0 Å². The minimum atomic E-state index is -0.530. The normalized spacial score (nSPS) is 14.6. The molecule has 96 valence electrons. The first-order valence-corrected chi connectivity index (χ1v) is 6.76. The molecule has 1 N–H and O–H groups in total. The summed E-state index contributed by atoms with van der Waals surface area (Å²) in [6, 6.07) is 4.18. The maximum Gasteiger partial charge on any atom is 0.139 e. The molecule has 17 heavy (non-hydrogen) atoms. The molecule has 1 aromatic rings. The average molecular weight is 259 g/mol. The van der Waals surface area contributed by atoms with Crippen molar-refractivity contribution in [2.24, 2.45) is 0 Å². The van der Waals surface area contributed by atoms with Crippen molar-refractivity contribution in [2.75, 3.05) is 6.54 Å². The molecule has 0 aliphatic rings. The monoisotopic (exact) mass is 259 g/mol. The van der Waals surface area contributed by atoms with Gasteiger partial charge in [0.1, 0.15) is 11.6 Å².